The highest BCUT2D eigenvalue weighted by molar-refractivity contribution is 7.89. The molecule has 19 heavy (non-hydrogen) atoms. The number of nitrogens with zero attached hydrogens (tertiary/aromatic N) is 1. The van der Waals surface area contributed by atoms with Crippen LogP contribution in [0.2, 0.25) is 0 Å². The molecule has 1 aromatic rings. The van der Waals surface area contributed by atoms with Crippen LogP contribution in [0.15, 0.2) is 23.1 Å². The number of rotatable bonds is 5. The summed E-state index contributed by atoms with van der Waals surface area (Å²) < 4.78 is 39.9. The molecule has 4 nitrogen and oxygen atoms in total. The van der Waals surface area contributed by atoms with E-state index in [1.165, 1.54) is 6.07 Å². The molecule has 0 aromatic heterocycles. The van der Waals surface area contributed by atoms with Crippen molar-refractivity contribution in [1.29, 1.82) is 0 Å². The Hall–Kier alpha value is -1.14. The van der Waals surface area contributed by atoms with Crippen molar-refractivity contribution in [3.8, 4) is 0 Å². The highest BCUT2D eigenvalue weighted by Crippen LogP contribution is 2.38. The van der Waals surface area contributed by atoms with Gasteiger partial charge in [0.05, 0.1) is 5.69 Å². The second-order valence-corrected chi connectivity index (χ2v) is 7.29. The third kappa shape index (κ3) is 2.60. The lowest BCUT2D eigenvalue weighted by Gasteiger charge is -2.22. The SMILES string of the molecule is Nc1cc(F)ccc1S(=O)(=O)N(CC1CC1)C1CC1. The summed E-state index contributed by atoms with van der Waals surface area (Å²) in [5.41, 5.74) is 5.65. The first kappa shape index (κ1) is 12.9. The predicted octanol–water partition coefficient (Wildman–Crippen LogP) is 1.97. The molecule has 2 fully saturated rings. The number of sulfonamides is 1. The van der Waals surface area contributed by atoms with Crippen LogP contribution in [0.4, 0.5) is 10.1 Å². The number of benzene rings is 1. The van der Waals surface area contributed by atoms with E-state index in [9.17, 15) is 12.8 Å². The fraction of sp³-hybridized carbons (Fsp3) is 0.538. The van der Waals surface area contributed by atoms with Crippen molar-refractivity contribution in [3.05, 3.63) is 24.0 Å². The summed E-state index contributed by atoms with van der Waals surface area (Å²) in [4.78, 5) is 0.0291. The molecule has 0 spiro atoms. The predicted molar refractivity (Wildman–Crippen MR) is 70.5 cm³/mol. The monoisotopic (exact) mass is 284 g/mol. The maximum absolute atomic E-state index is 13.0. The first-order chi connectivity index (χ1) is 8.98. The summed E-state index contributed by atoms with van der Waals surface area (Å²) in [7, 11) is -3.60. The number of anilines is 1. The lowest BCUT2D eigenvalue weighted by atomic mass is 10.3. The smallest absolute Gasteiger partial charge is 0.245 e. The third-order valence-corrected chi connectivity index (χ3v) is 5.64. The summed E-state index contributed by atoms with van der Waals surface area (Å²) in [5.74, 6) is -0.0336. The highest BCUT2D eigenvalue weighted by Gasteiger charge is 2.41. The van der Waals surface area contributed by atoms with E-state index >= 15 is 0 Å². The molecule has 104 valence electrons. The van der Waals surface area contributed by atoms with Crippen LogP contribution in [0.25, 0.3) is 0 Å². The van der Waals surface area contributed by atoms with Gasteiger partial charge in [-0.2, -0.15) is 4.31 Å². The summed E-state index contributed by atoms with van der Waals surface area (Å²) >= 11 is 0. The van der Waals surface area contributed by atoms with Gasteiger partial charge in [-0.15, -0.1) is 0 Å². The lowest BCUT2D eigenvalue weighted by Crippen LogP contribution is -2.35. The maximum Gasteiger partial charge on any atom is 0.245 e. The second-order valence-electron chi connectivity index (χ2n) is 5.43. The average molecular weight is 284 g/mol. The molecule has 0 atom stereocenters. The van der Waals surface area contributed by atoms with Crippen LogP contribution in [0.1, 0.15) is 25.7 Å². The average Bonchev–Trinajstić information content (AvgIpc) is 3.19. The van der Waals surface area contributed by atoms with Gasteiger partial charge in [0.15, 0.2) is 0 Å². The largest absolute Gasteiger partial charge is 0.398 e. The number of nitrogen functional groups attached to an aromatic ring is 1. The molecule has 0 unspecified atom stereocenters. The standard InChI is InChI=1S/C13H17FN2O2S/c14-10-3-6-13(12(15)7-10)19(17,18)16(11-4-5-11)8-9-1-2-9/h3,6-7,9,11H,1-2,4-5,8,15H2. The van der Waals surface area contributed by atoms with Gasteiger partial charge in [0.2, 0.25) is 10.0 Å². The van der Waals surface area contributed by atoms with Gasteiger partial charge in [-0.3, -0.25) is 0 Å². The minimum Gasteiger partial charge on any atom is -0.398 e. The van der Waals surface area contributed by atoms with Gasteiger partial charge < -0.3 is 5.73 Å². The Labute approximate surface area is 112 Å². The molecule has 1 aromatic carbocycles. The molecule has 2 saturated carbocycles. The van der Waals surface area contributed by atoms with Gasteiger partial charge in [-0.05, 0) is 49.8 Å². The molecule has 2 aliphatic carbocycles. The Morgan fingerprint density at radius 2 is 1.95 bits per heavy atom. The minimum atomic E-state index is -3.60. The zero-order valence-corrected chi connectivity index (χ0v) is 11.4. The number of halogens is 1. The first-order valence-corrected chi connectivity index (χ1v) is 7.99. The molecule has 6 heteroatoms. The van der Waals surface area contributed by atoms with Gasteiger partial charge >= 0.3 is 0 Å². The van der Waals surface area contributed by atoms with Crippen LogP contribution in [0.3, 0.4) is 0 Å². The van der Waals surface area contributed by atoms with Crippen molar-refractivity contribution in [2.45, 2.75) is 36.6 Å². The van der Waals surface area contributed by atoms with Crippen molar-refractivity contribution >= 4 is 15.7 Å². The van der Waals surface area contributed by atoms with Gasteiger partial charge in [0.1, 0.15) is 10.7 Å². The Morgan fingerprint density at radius 3 is 2.47 bits per heavy atom. The van der Waals surface area contributed by atoms with E-state index in [1.54, 1.807) is 4.31 Å². The molecule has 2 aliphatic rings. The van der Waals surface area contributed by atoms with Gasteiger partial charge in [0, 0.05) is 12.6 Å². The zero-order valence-electron chi connectivity index (χ0n) is 10.5. The van der Waals surface area contributed by atoms with E-state index in [0.717, 1.165) is 37.8 Å². The van der Waals surface area contributed by atoms with Crippen LogP contribution in [-0.4, -0.2) is 25.3 Å². The normalized spacial score (nSPS) is 19.9. The van der Waals surface area contributed by atoms with Crippen molar-refractivity contribution < 1.29 is 12.8 Å². The third-order valence-electron chi connectivity index (χ3n) is 3.65. The van der Waals surface area contributed by atoms with Crippen LogP contribution in [0.5, 0.6) is 0 Å². The molecule has 0 radical (unpaired) electrons. The molecular weight excluding hydrogens is 267 g/mol. The second kappa shape index (κ2) is 4.45. The van der Waals surface area contributed by atoms with E-state index in [-0.39, 0.29) is 16.6 Å². The van der Waals surface area contributed by atoms with Crippen LogP contribution < -0.4 is 5.73 Å². The topological polar surface area (TPSA) is 63.4 Å². The van der Waals surface area contributed by atoms with Crippen molar-refractivity contribution in [1.82, 2.24) is 4.31 Å². The fourth-order valence-electron chi connectivity index (χ4n) is 2.24. The molecule has 0 saturated heterocycles. The zero-order chi connectivity index (χ0) is 13.6. The van der Waals surface area contributed by atoms with E-state index < -0.39 is 15.8 Å². The Bertz CT molecular complexity index is 595. The summed E-state index contributed by atoms with van der Waals surface area (Å²) in [6.07, 6.45) is 4.01. The summed E-state index contributed by atoms with van der Waals surface area (Å²) in [6.45, 7) is 0.573. The van der Waals surface area contributed by atoms with Crippen LogP contribution >= 0.6 is 0 Å². The molecule has 2 N–H and O–H groups in total. The van der Waals surface area contributed by atoms with E-state index in [0.29, 0.717) is 12.5 Å². The quantitative estimate of drug-likeness (QED) is 0.841. The molecule has 0 amide bonds. The minimum absolute atomic E-state index is 0.0125. The molecular formula is C13H17FN2O2S. The van der Waals surface area contributed by atoms with Crippen LogP contribution in [0, 0.1) is 11.7 Å². The Balaban J connectivity index is 1.94. The van der Waals surface area contributed by atoms with Crippen LogP contribution in [-0.2, 0) is 10.0 Å². The van der Waals surface area contributed by atoms with Crippen molar-refractivity contribution in [2.24, 2.45) is 5.92 Å². The number of hydrogen-bond acceptors (Lipinski definition) is 3. The lowest BCUT2D eigenvalue weighted by molar-refractivity contribution is 0.389. The van der Waals surface area contributed by atoms with E-state index in [4.69, 9.17) is 5.73 Å². The maximum atomic E-state index is 13.0. The van der Waals surface area contributed by atoms with E-state index in [2.05, 4.69) is 0 Å². The molecule has 3 rings (SSSR count). The fourth-order valence-corrected chi connectivity index (χ4v) is 4.10. The first-order valence-electron chi connectivity index (χ1n) is 6.55. The van der Waals surface area contributed by atoms with Gasteiger partial charge in [-0.1, -0.05) is 0 Å². The van der Waals surface area contributed by atoms with Gasteiger partial charge in [-0.25, -0.2) is 12.8 Å². The highest BCUT2D eigenvalue weighted by atomic mass is 32.2. The Morgan fingerprint density at radius 1 is 1.26 bits per heavy atom. The van der Waals surface area contributed by atoms with Crippen molar-refractivity contribution in [2.75, 3.05) is 12.3 Å². The molecule has 0 heterocycles. The van der Waals surface area contributed by atoms with Gasteiger partial charge in [0.25, 0.3) is 0 Å². The summed E-state index contributed by atoms with van der Waals surface area (Å²) in [6, 6.07) is 3.58. The molecule has 0 aliphatic heterocycles. The van der Waals surface area contributed by atoms with E-state index in [1.807, 2.05) is 0 Å². The number of nitrogens with two attached hydrogens (primary N) is 1. The Kier molecular flexibility index (Phi) is 3.02. The number of hydrogen-bond donors (Lipinski definition) is 1. The molecule has 0 bridgehead atoms. The summed E-state index contributed by atoms with van der Waals surface area (Å²) in [5, 5.41) is 0. The van der Waals surface area contributed by atoms with Crippen molar-refractivity contribution in [3.63, 3.8) is 0 Å².